The van der Waals surface area contributed by atoms with Crippen molar-refractivity contribution in [2.75, 3.05) is 7.11 Å². The van der Waals surface area contributed by atoms with Crippen LogP contribution in [-0.4, -0.2) is 27.4 Å². The summed E-state index contributed by atoms with van der Waals surface area (Å²) in [6.07, 6.45) is 0. The SMILES string of the molecule is COc1cccc(-c2noc(CSc3nnc(SCc4ccc(C(C)C)cc4)s3)n2)c1. The zero-order chi connectivity index (χ0) is 21.6. The van der Waals surface area contributed by atoms with Gasteiger partial charge in [-0.1, -0.05) is 90.3 Å². The molecule has 0 aliphatic carbocycles. The summed E-state index contributed by atoms with van der Waals surface area (Å²) in [5.74, 6) is 3.84. The molecule has 0 fully saturated rings. The van der Waals surface area contributed by atoms with Crippen molar-refractivity contribution in [3.8, 4) is 17.1 Å². The Bertz CT molecular complexity index is 1130. The first kappa shape index (κ1) is 21.9. The number of methoxy groups -OCH3 is 1. The van der Waals surface area contributed by atoms with Crippen LogP contribution in [0.15, 0.2) is 61.7 Å². The number of rotatable bonds is 9. The van der Waals surface area contributed by atoms with E-state index in [0.717, 1.165) is 25.7 Å². The van der Waals surface area contributed by atoms with Gasteiger partial charge in [-0.3, -0.25) is 0 Å². The van der Waals surface area contributed by atoms with E-state index in [-0.39, 0.29) is 0 Å². The molecule has 0 bridgehead atoms. The first-order valence-electron chi connectivity index (χ1n) is 9.75. The molecule has 31 heavy (non-hydrogen) atoms. The summed E-state index contributed by atoms with van der Waals surface area (Å²) in [7, 11) is 1.63. The van der Waals surface area contributed by atoms with Crippen LogP contribution in [0.25, 0.3) is 11.4 Å². The average molecular weight is 471 g/mol. The van der Waals surface area contributed by atoms with Gasteiger partial charge in [0.2, 0.25) is 11.7 Å². The largest absolute Gasteiger partial charge is 0.497 e. The fourth-order valence-electron chi connectivity index (χ4n) is 2.77. The molecule has 160 valence electrons. The highest BCUT2D eigenvalue weighted by molar-refractivity contribution is 8.02. The molecule has 0 aliphatic heterocycles. The second-order valence-electron chi connectivity index (χ2n) is 7.05. The zero-order valence-electron chi connectivity index (χ0n) is 17.4. The molecule has 0 N–H and O–H groups in total. The first-order valence-corrected chi connectivity index (χ1v) is 12.5. The van der Waals surface area contributed by atoms with E-state index in [9.17, 15) is 0 Å². The van der Waals surface area contributed by atoms with Crippen LogP contribution in [-0.2, 0) is 11.5 Å². The minimum absolute atomic E-state index is 0.548. The van der Waals surface area contributed by atoms with Crippen LogP contribution in [0.4, 0.5) is 0 Å². The minimum atomic E-state index is 0.548. The molecule has 0 radical (unpaired) electrons. The van der Waals surface area contributed by atoms with E-state index in [2.05, 4.69) is 58.5 Å². The lowest BCUT2D eigenvalue weighted by Gasteiger charge is -2.05. The highest BCUT2D eigenvalue weighted by atomic mass is 32.2. The van der Waals surface area contributed by atoms with Gasteiger partial charge < -0.3 is 9.26 Å². The van der Waals surface area contributed by atoms with Crippen molar-refractivity contribution in [1.82, 2.24) is 20.3 Å². The standard InChI is InChI=1S/C22H22N4O2S3/c1-14(2)16-9-7-15(8-10-16)12-29-21-24-25-22(31-21)30-13-19-23-20(26-28-19)17-5-4-6-18(11-17)27-3/h4-11,14H,12-13H2,1-3H3. The second-order valence-corrected chi connectivity index (χ2v) is 10.5. The molecule has 0 unspecified atom stereocenters. The summed E-state index contributed by atoms with van der Waals surface area (Å²) in [6.45, 7) is 4.41. The van der Waals surface area contributed by atoms with Gasteiger partial charge in [-0.25, -0.2) is 0 Å². The predicted molar refractivity (Wildman–Crippen MR) is 126 cm³/mol. The highest BCUT2D eigenvalue weighted by Gasteiger charge is 2.12. The van der Waals surface area contributed by atoms with Crippen molar-refractivity contribution in [3.63, 3.8) is 0 Å². The van der Waals surface area contributed by atoms with Gasteiger partial charge in [0.25, 0.3) is 0 Å². The summed E-state index contributed by atoms with van der Waals surface area (Å²) < 4.78 is 12.5. The first-order chi connectivity index (χ1) is 15.1. The second kappa shape index (κ2) is 10.3. The molecule has 2 aromatic heterocycles. The smallest absolute Gasteiger partial charge is 0.237 e. The molecule has 4 rings (SSSR count). The third-order valence-corrected chi connectivity index (χ3v) is 7.76. The molecule has 0 aliphatic rings. The Morgan fingerprint density at radius 1 is 1.00 bits per heavy atom. The molecule has 9 heteroatoms. The van der Waals surface area contributed by atoms with Crippen LogP contribution < -0.4 is 4.74 Å². The minimum Gasteiger partial charge on any atom is -0.497 e. The molecular formula is C22H22N4O2S3. The average Bonchev–Trinajstić information content (AvgIpc) is 3.46. The topological polar surface area (TPSA) is 73.9 Å². The number of ether oxygens (including phenoxy) is 1. The van der Waals surface area contributed by atoms with Gasteiger partial charge in [0.15, 0.2) is 8.68 Å². The molecule has 2 aromatic carbocycles. The number of hydrogen-bond acceptors (Lipinski definition) is 9. The van der Waals surface area contributed by atoms with Crippen LogP contribution in [0.5, 0.6) is 5.75 Å². The van der Waals surface area contributed by atoms with Crippen molar-refractivity contribution in [2.24, 2.45) is 0 Å². The Hall–Kier alpha value is -2.36. The Labute approximate surface area is 193 Å². The van der Waals surface area contributed by atoms with Gasteiger partial charge in [-0.05, 0) is 29.2 Å². The van der Waals surface area contributed by atoms with Crippen LogP contribution >= 0.6 is 34.9 Å². The van der Waals surface area contributed by atoms with E-state index in [1.807, 2.05) is 24.3 Å². The summed E-state index contributed by atoms with van der Waals surface area (Å²) in [4.78, 5) is 4.47. The van der Waals surface area contributed by atoms with Crippen molar-refractivity contribution in [3.05, 3.63) is 65.5 Å². The van der Waals surface area contributed by atoms with Crippen LogP contribution in [0.2, 0.25) is 0 Å². The summed E-state index contributed by atoms with van der Waals surface area (Å²) in [5, 5.41) is 12.6. The number of hydrogen-bond donors (Lipinski definition) is 0. The molecule has 6 nitrogen and oxygen atoms in total. The lowest BCUT2D eigenvalue weighted by molar-refractivity contribution is 0.391. The van der Waals surface area contributed by atoms with Crippen molar-refractivity contribution in [2.45, 2.75) is 40.0 Å². The number of nitrogens with zero attached hydrogens (tertiary/aromatic N) is 4. The third kappa shape index (κ3) is 5.87. The summed E-state index contributed by atoms with van der Waals surface area (Å²) in [6, 6.07) is 16.4. The van der Waals surface area contributed by atoms with E-state index in [1.54, 1.807) is 42.0 Å². The molecule has 0 amide bonds. The Kier molecular flexibility index (Phi) is 7.26. The molecule has 0 spiro atoms. The lowest BCUT2D eigenvalue weighted by Crippen LogP contribution is -1.87. The maximum atomic E-state index is 5.38. The van der Waals surface area contributed by atoms with Gasteiger partial charge in [-0.15, -0.1) is 10.2 Å². The fraction of sp³-hybridized carbons (Fsp3) is 0.273. The Balaban J connectivity index is 1.30. The van der Waals surface area contributed by atoms with Crippen LogP contribution in [0.1, 0.15) is 36.8 Å². The van der Waals surface area contributed by atoms with Gasteiger partial charge in [0, 0.05) is 11.3 Å². The quantitative estimate of drug-likeness (QED) is 0.264. The molecule has 0 atom stereocenters. The van der Waals surface area contributed by atoms with E-state index in [0.29, 0.717) is 23.4 Å². The molecule has 0 saturated carbocycles. The van der Waals surface area contributed by atoms with Gasteiger partial charge in [-0.2, -0.15) is 4.98 Å². The third-order valence-electron chi connectivity index (χ3n) is 4.51. The number of aromatic nitrogens is 4. The van der Waals surface area contributed by atoms with Crippen molar-refractivity contribution < 1.29 is 9.26 Å². The summed E-state index contributed by atoms with van der Waals surface area (Å²) >= 11 is 4.84. The maximum Gasteiger partial charge on any atom is 0.237 e. The van der Waals surface area contributed by atoms with E-state index in [4.69, 9.17) is 9.26 Å². The lowest BCUT2D eigenvalue weighted by atomic mass is 10.0. The van der Waals surface area contributed by atoms with E-state index in [1.165, 1.54) is 11.1 Å². The fourth-order valence-corrected chi connectivity index (χ4v) is 5.59. The molecule has 0 saturated heterocycles. The van der Waals surface area contributed by atoms with Crippen LogP contribution in [0, 0.1) is 0 Å². The number of benzene rings is 2. The molecule has 2 heterocycles. The highest BCUT2D eigenvalue weighted by Crippen LogP contribution is 2.32. The van der Waals surface area contributed by atoms with Crippen LogP contribution in [0.3, 0.4) is 0 Å². The molecule has 4 aromatic rings. The van der Waals surface area contributed by atoms with Gasteiger partial charge >= 0.3 is 0 Å². The van der Waals surface area contributed by atoms with Gasteiger partial charge in [0.05, 0.1) is 12.9 Å². The van der Waals surface area contributed by atoms with Crippen molar-refractivity contribution in [1.29, 1.82) is 0 Å². The normalized spacial score (nSPS) is 11.2. The monoisotopic (exact) mass is 470 g/mol. The Morgan fingerprint density at radius 3 is 2.45 bits per heavy atom. The predicted octanol–water partition coefficient (Wildman–Crippen LogP) is 6.30. The summed E-state index contributed by atoms with van der Waals surface area (Å²) in [5.41, 5.74) is 3.50. The maximum absolute atomic E-state index is 5.38. The van der Waals surface area contributed by atoms with Gasteiger partial charge in [0.1, 0.15) is 5.75 Å². The number of thioether (sulfide) groups is 2. The zero-order valence-corrected chi connectivity index (χ0v) is 19.9. The molecular weight excluding hydrogens is 448 g/mol. The van der Waals surface area contributed by atoms with E-state index < -0.39 is 0 Å². The van der Waals surface area contributed by atoms with E-state index >= 15 is 0 Å². The Morgan fingerprint density at radius 2 is 1.74 bits per heavy atom. The van der Waals surface area contributed by atoms with Crippen molar-refractivity contribution >= 4 is 34.9 Å².